The summed E-state index contributed by atoms with van der Waals surface area (Å²) in [5, 5.41) is 0. The van der Waals surface area contributed by atoms with E-state index in [2.05, 4.69) is 4.74 Å². The Bertz CT molecular complexity index is 437. The lowest BCUT2D eigenvalue weighted by molar-refractivity contribution is -0.291. The fourth-order valence-electron chi connectivity index (χ4n) is 1.26. The van der Waals surface area contributed by atoms with Gasteiger partial charge in [0.25, 0.3) is 0 Å². The lowest BCUT2D eigenvalue weighted by atomic mass is 10.00. The van der Waals surface area contributed by atoms with Crippen molar-refractivity contribution in [2.75, 3.05) is 7.11 Å². The molecule has 0 saturated carbocycles. The minimum Gasteiger partial charge on any atom is -0.497 e. The van der Waals surface area contributed by atoms with Crippen LogP contribution in [0.1, 0.15) is 11.6 Å². The van der Waals surface area contributed by atoms with Crippen LogP contribution in [-0.4, -0.2) is 19.2 Å². The predicted octanol–water partition coefficient (Wildman–Crippen LogP) is 3.45. The van der Waals surface area contributed by atoms with Gasteiger partial charge >= 0.3 is 12.1 Å². The number of alkyl halides is 5. The number of methoxy groups -OCH3 is 1. The molecule has 0 aliphatic heterocycles. The van der Waals surface area contributed by atoms with Gasteiger partial charge in [-0.1, -0.05) is 0 Å². The third kappa shape index (κ3) is 3.44. The Labute approximate surface area is 110 Å². The number of halogens is 7. The first-order valence-electron chi connectivity index (χ1n) is 4.64. The highest BCUT2D eigenvalue weighted by atomic mass is 35.5. The van der Waals surface area contributed by atoms with Gasteiger partial charge < -0.3 is 10.5 Å². The van der Waals surface area contributed by atoms with Gasteiger partial charge in [0.2, 0.25) is 0 Å². The summed E-state index contributed by atoms with van der Waals surface area (Å²) < 4.78 is 80.1. The lowest BCUT2D eigenvalue weighted by Crippen LogP contribution is -2.46. The minimum atomic E-state index is -5.86. The van der Waals surface area contributed by atoms with E-state index in [-0.39, 0.29) is 18.2 Å². The van der Waals surface area contributed by atoms with Crippen LogP contribution in [0.15, 0.2) is 18.2 Å². The van der Waals surface area contributed by atoms with Crippen molar-refractivity contribution in [2.45, 2.75) is 18.1 Å². The molecule has 0 saturated heterocycles. The highest BCUT2D eigenvalue weighted by Gasteiger charge is 2.62. The predicted molar refractivity (Wildman–Crippen MR) is 58.1 cm³/mol. The molecule has 0 bridgehead atoms. The smallest absolute Gasteiger partial charge is 0.455 e. The average molecular weight is 310 g/mol. The zero-order valence-corrected chi connectivity index (χ0v) is 10.3. The van der Waals surface area contributed by atoms with Crippen LogP contribution in [0.5, 0.6) is 5.75 Å². The molecule has 0 unspecified atom stereocenters. The van der Waals surface area contributed by atoms with Gasteiger partial charge in [0, 0.05) is 5.56 Å². The molecule has 110 valence electrons. The zero-order valence-electron chi connectivity index (χ0n) is 9.47. The van der Waals surface area contributed by atoms with Crippen LogP contribution in [-0.2, 0) is 0 Å². The summed E-state index contributed by atoms with van der Waals surface area (Å²) in [6.07, 6.45) is -5.86. The summed E-state index contributed by atoms with van der Waals surface area (Å²) in [6.45, 7) is 0. The van der Waals surface area contributed by atoms with Gasteiger partial charge in [0.05, 0.1) is 7.11 Å². The van der Waals surface area contributed by atoms with E-state index in [1.807, 2.05) is 0 Å². The maximum absolute atomic E-state index is 13.2. The van der Waals surface area contributed by atoms with Crippen molar-refractivity contribution in [2.24, 2.45) is 5.73 Å². The lowest BCUT2D eigenvalue weighted by Gasteiger charge is -2.26. The second-order valence-corrected chi connectivity index (χ2v) is 3.49. The van der Waals surface area contributed by atoms with Crippen molar-refractivity contribution < 1.29 is 31.1 Å². The molecular formula is C10H10ClF6NO. The molecule has 19 heavy (non-hydrogen) atoms. The van der Waals surface area contributed by atoms with E-state index in [1.165, 1.54) is 0 Å². The Balaban J connectivity index is 0.00000324. The summed E-state index contributed by atoms with van der Waals surface area (Å²) in [5.74, 6) is -6.56. The van der Waals surface area contributed by atoms with E-state index < -0.39 is 29.5 Å². The van der Waals surface area contributed by atoms with E-state index in [0.717, 1.165) is 13.2 Å². The van der Waals surface area contributed by atoms with Gasteiger partial charge in [0.15, 0.2) is 0 Å². The molecule has 0 amide bonds. The Hall–Kier alpha value is -1.15. The van der Waals surface area contributed by atoms with E-state index >= 15 is 0 Å². The second-order valence-electron chi connectivity index (χ2n) is 3.49. The highest BCUT2D eigenvalue weighted by Crippen LogP contribution is 2.44. The van der Waals surface area contributed by atoms with E-state index in [1.54, 1.807) is 0 Å². The number of ether oxygens (including phenoxy) is 1. The van der Waals surface area contributed by atoms with Crippen LogP contribution < -0.4 is 10.5 Å². The van der Waals surface area contributed by atoms with Crippen LogP contribution in [0.3, 0.4) is 0 Å². The second kappa shape index (κ2) is 5.87. The van der Waals surface area contributed by atoms with Gasteiger partial charge in [0.1, 0.15) is 17.6 Å². The van der Waals surface area contributed by atoms with Crippen LogP contribution >= 0.6 is 12.4 Å². The monoisotopic (exact) mass is 309 g/mol. The maximum atomic E-state index is 13.2. The maximum Gasteiger partial charge on any atom is 0.455 e. The van der Waals surface area contributed by atoms with Crippen LogP contribution in [0.2, 0.25) is 0 Å². The van der Waals surface area contributed by atoms with Crippen LogP contribution in [0.4, 0.5) is 26.3 Å². The third-order valence-electron chi connectivity index (χ3n) is 2.31. The molecule has 0 heterocycles. The van der Waals surface area contributed by atoms with Gasteiger partial charge in [-0.2, -0.15) is 22.0 Å². The van der Waals surface area contributed by atoms with Gasteiger partial charge in [-0.15, -0.1) is 12.4 Å². The molecule has 0 aromatic heterocycles. The Kier molecular flexibility index (Phi) is 5.52. The molecule has 0 fully saturated rings. The first kappa shape index (κ1) is 17.8. The van der Waals surface area contributed by atoms with Crippen molar-refractivity contribution in [3.8, 4) is 5.75 Å². The summed E-state index contributed by atoms with van der Waals surface area (Å²) in [6, 6.07) is -0.343. The van der Waals surface area contributed by atoms with Crippen LogP contribution in [0.25, 0.3) is 0 Å². The number of benzene rings is 1. The summed E-state index contributed by atoms with van der Waals surface area (Å²) in [5.41, 5.74) is 3.86. The molecular weight excluding hydrogens is 300 g/mol. The normalized spacial score (nSPS) is 13.7. The molecule has 9 heteroatoms. The number of hydrogen-bond donors (Lipinski definition) is 1. The summed E-state index contributed by atoms with van der Waals surface area (Å²) in [4.78, 5) is 0. The molecule has 1 rings (SSSR count). The van der Waals surface area contributed by atoms with Crippen molar-refractivity contribution >= 4 is 12.4 Å². The summed E-state index contributed by atoms with van der Waals surface area (Å²) in [7, 11) is 1.16. The van der Waals surface area contributed by atoms with Gasteiger partial charge in [-0.3, -0.25) is 0 Å². The number of nitrogens with two attached hydrogens (primary N) is 1. The highest BCUT2D eigenvalue weighted by molar-refractivity contribution is 5.85. The van der Waals surface area contributed by atoms with Gasteiger partial charge in [-0.05, 0) is 18.2 Å². The quantitative estimate of drug-likeness (QED) is 0.868. The third-order valence-corrected chi connectivity index (χ3v) is 2.31. The molecule has 2 N–H and O–H groups in total. The molecule has 0 spiro atoms. The fourth-order valence-corrected chi connectivity index (χ4v) is 1.26. The molecule has 1 atom stereocenters. The van der Waals surface area contributed by atoms with Crippen molar-refractivity contribution in [3.05, 3.63) is 29.6 Å². The van der Waals surface area contributed by atoms with Crippen molar-refractivity contribution in [3.63, 3.8) is 0 Å². The van der Waals surface area contributed by atoms with Crippen molar-refractivity contribution in [1.82, 2.24) is 0 Å². The first-order chi connectivity index (χ1) is 8.11. The molecule has 2 nitrogen and oxygen atoms in total. The number of hydrogen-bond acceptors (Lipinski definition) is 2. The fraction of sp³-hybridized carbons (Fsp3) is 0.400. The molecule has 0 aliphatic rings. The van der Waals surface area contributed by atoms with Crippen LogP contribution in [0, 0.1) is 5.82 Å². The molecule has 0 radical (unpaired) electrons. The largest absolute Gasteiger partial charge is 0.497 e. The topological polar surface area (TPSA) is 35.2 Å². The Morgan fingerprint density at radius 1 is 1.16 bits per heavy atom. The standard InChI is InChI=1S/C10H9F6NO.ClH/c1-18-5-2-3-7(11)6(4-5)8(17)9(12,13)10(14,15)16;/h2-4,8H,17H2,1H3;1H/t8-;/m0./s1. The average Bonchev–Trinajstić information content (AvgIpc) is 2.27. The Morgan fingerprint density at radius 3 is 2.11 bits per heavy atom. The molecule has 1 aromatic rings. The first-order valence-corrected chi connectivity index (χ1v) is 4.64. The van der Waals surface area contributed by atoms with E-state index in [9.17, 15) is 26.3 Å². The number of rotatable bonds is 3. The molecule has 0 aliphatic carbocycles. The van der Waals surface area contributed by atoms with Crippen molar-refractivity contribution in [1.29, 1.82) is 0 Å². The molecule has 1 aromatic carbocycles. The van der Waals surface area contributed by atoms with Gasteiger partial charge in [-0.25, -0.2) is 4.39 Å². The van der Waals surface area contributed by atoms with E-state index in [4.69, 9.17) is 5.73 Å². The SMILES string of the molecule is COc1ccc(F)c([C@H](N)C(F)(F)C(F)(F)F)c1.Cl. The minimum absolute atomic E-state index is 0. The zero-order chi connectivity index (χ0) is 14.1. The van der Waals surface area contributed by atoms with E-state index in [0.29, 0.717) is 12.1 Å². The summed E-state index contributed by atoms with van der Waals surface area (Å²) >= 11 is 0. The Morgan fingerprint density at radius 2 is 1.68 bits per heavy atom.